The topological polar surface area (TPSA) is 105 Å². The van der Waals surface area contributed by atoms with Crippen LogP contribution in [0.3, 0.4) is 0 Å². The monoisotopic (exact) mass is 390 g/mol. The average Bonchev–Trinajstić information content (AvgIpc) is 3.32. The molecule has 0 saturated heterocycles. The number of benzene rings is 1. The van der Waals surface area contributed by atoms with Gasteiger partial charge in [0.2, 0.25) is 0 Å². The standard InChI is InChI=1S/C13H12FNO3.C6H7NO3/c1-3-17-13(16)11-8(2)18-15-12(11)9-5-4-6-10(14)7-9;1-2-9-6(8)5-3-7-10-4-5/h4-7H,3H2,1-2H3;3-4H,2H2,1H3. The van der Waals surface area contributed by atoms with Gasteiger partial charge in [-0.2, -0.15) is 0 Å². The van der Waals surface area contributed by atoms with Crippen molar-refractivity contribution in [2.45, 2.75) is 20.8 Å². The highest BCUT2D eigenvalue weighted by atomic mass is 19.1. The van der Waals surface area contributed by atoms with E-state index < -0.39 is 17.8 Å². The summed E-state index contributed by atoms with van der Waals surface area (Å²) in [6.45, 7) is 5.69. The second kappa shape index (κ2) is 10.0. The number of halogens is 1. The third kappa shape index (κ3) is 5.26. The first-order valence-electron chi connectivity index (χ1n) is 8.43. The van der Waals surface area contributed by atoms with E-state index in [9.17, 15) is 14.0 Å². The summed E-state index contributed by atoms with van der Waals surface area (Å²) >= 11 is 0. The van der Waals surface area contributed by atoms with Crippen LogP contribution in [0.5, 0.6) is 0 Å². The van der Waals surface area contributed by atoms with Gasteiger partial charge in [0.05, 0.1) is 19.4 Å². The number of esters is 2. The fourth-order valence-electron chi connectivity index (χ4n) is 2.17. The van der Waals surface area contributed by atoms with Gasteiger partial charge in [-0.05, 0) is 32.9 Å². The number of carbonyl (C=O) groups excluding carboxylic acids is 2. The van der Waals surface area contributed by atoms with Crippen molar-refractivity contribution in [1.29, 1.82) is 0 Å². The normalized spacial score (nSPS) is 10.0. The van der Waals surface area contributed by atoms with E-state index >= 15 is 0 Å². The summed E-state index contributed by atoms with van der Waals surface area (Å²) in [7, 11) is 0. The molecule has 2 aromatic heterocycles. The molecule has 0 atom stereocenters. The first-order valence-corrected chi connectivity index (χ1v) is 8.43. The van der Waals surface area contributed by atoms with Gasteiger partial charge in [0.1, 0.15) is 34.7 Å². The van der Waals surface area contributed by atoms with Crippen molar-refractivity contribution in [3.8, 4) is 11.3 Å². The van der Waals surface area contributed by atoms with Gasteiger partial charge in [0.15, 0.2) is 0 Å². The van der Waals surface area contributed by atoms with E-state index in [0.717, 1.165) is 0 Å². The number of hydrogen-bond donors (Lipinski definition) is 0. The van der Waals surface area contributed by atoms with Gasteiger partial charge in [-0.1, -0.05) is 22.4 Å². The Kier molecular flexibility index (Phi) is 7.44. The molecule has 3 aromatic rings. The molecular weight excluding hydrogens is 371 g/mol. The van der Waals surface area contributed by atoms with Crippen LogP contribution in [0.15, 0.2) is 45.8 Å². The third-order valence-electron chi connectivity index (χ3n) is 3.38. The molecule has 0 aliphatic rings. The number of carbonyl (C=O) groups is 2. The maximum Gasteiger partial charge on any atom is 0.344 e. The fourth-order valence-corrected chi connectivity index (χ4v) is 2.17. The molecule has 1 aromatic carbocycles. The van der Waals surface area contributed by atoms with Gasteiger partial charge in [0.25, 0.3) is 0 Å². The SMILES string of the molecule is CCOC(=O)c1c(-c2cccc(F)c2)noc1C.CCOC(=O)c1cnoc1. The first-order chi connectivity index (χ1) is 13.5. The van der Waals surface area contributed by atoms with E-state index in [0.29, 0.717) is 29.2 Å². The van der Waals surface area contributed by atoms with Crippen molar-refractivity contribution >= 4 is 11.9 Å². The summed E-state index contributed by atoms with van der Waals surface area (Å²) in [5.74, 6) is -0.963. The second-order valence-electron chi connectivity index (χ2n) is 5.33. The van der Waals surface area contributed by atoms with E-state index in [1.165, 1.54) is 24.6 Å². The smallest absolute Gasteiger partial charge is 0.344 e. The van der Waals surface area contributed by atoms with Crippen LogP contribution in [0.2, 0.25) is 0 Å². The molecular formula is C19H19FN2O6. The zero-order valence-electron chi connectivity index (χ0n) is 15.6. The van der Waals surface area contributed by atoms with Crippen LogP contribution in [0.4, 0.5) is 4.39 Å². The van der Waals surface area contributed by atoms with Crippen molar-refractivity contribution in [3.05, 3.63) is 59.4 Å². The minimum absolute atomic E-state index is 0.238. The summed E-state index contributed by atoms with van der Waals surface area (Å²) < 4.78 is 32.2. The zero-order valence-corrected chi connectivity index (χ0v) is 15.6. The highest BCUT2D eigenvalue weighted by molar-refractivity contribution is 5.97. The van der Waals surface area contributed by atoms with Gasteiger partial charge in [-0.3, -0.25) is 0 Å². The molecule has 2 heterocycles. The molecule has 0 saturated carbocycles. The van der Waals surface area contributed by atoms with Crippen LogP contribution in [-0.4, -0.2) is 35.5 Å². The lowest BCUT2D eigenvalue weighted by Crippen LogP contribution is -2.06. The van der Waals surface area contributed by atoms with Gasteiger partial charge in [-0.25, -0.2) is 14.0 Å². The van der Waals surface area contributed by atoms with Crippen molar-refractivity contribution in [3.63, 3.8) is 0 Å². The predicted octanol–water partition coefficient (Wildman–Crippen LogP) is 3.82. The fraction of sp³-hybridized carbons (Fsp3) is 0.263. The minimum atomic E-state index is -0.518. The Bertz CT molecular complexity index is 920. The summed E-state index contributed by atoms with van der Waals surface area (Å²) in [6.07, 6.45) is 2.57. The summed E-state index contributed by atoms with van der Waals surface area (Å²) in [5.41, 5.74) is 1.37. The van der Waals surface area contributed by atoms with Crippen LogP contribution in [-0.2, 0) is 9.47 Å². The van der Waals surface area contributed by atoms with Crippen LogP contribution >= 0.6 is 0 Å². The summed E-state index contributed by atoms with van der Waals surface area (Å²) in [6, 6.07) is 5.81. The van der Waals surface area contributed by atoms with Gasteiger partial charge in [0, 0.05) is 5.56 Å². The molecule has 0 amide bonds. The number of aromatic nitrogens is 2. The second-order valence-corrected chi connectivity index (χ2v) is 5.33. The largest absolute Gasteiger partial charge is 0.462 e. The highest BCUT2D eigenvalue weighted by Crippen LogP contribution is 2.26. The summed E-state index contributed by atoms with van der Waals surface area (Å²) in [5, 5.41) is 7.14. The van der Waals surface area contributed by atoms with E-state index in [4.69, 9.17) is 9.26 Å². The van der Waals surface area contributed by atoms with E-state index in [1.54, 1.807) is 32.9 Å². The van der Waals surface area contributed by atoms with Gasteiger partial charge >= 0.3 is 11.9 Å². The van der Waals surface area contributed by atoms with Crippen molar-refractivity contribution in [1.82, 2.24) is 10.3 Å². The molecule has 0 bridgehead atoms. The lowest BCUT2D eigenvalue weighted by molar-refractivity contribution is 0.0515. The summed E-state index contributed by atoms with van der Waals surface area (Å²) in [4.78, 5) is 22.6. The number of hydrogen-bond acceptors (Lipinski definition) is 8. The van der Waals surface area contributed by atoms with E-state index in [1.807, 2.05) is 0 Å². The Morgan fingerprint density at radius 2 is 1.86 bits per heavy atom. The Labute approximate surface area is 160 Å². The van der Waals surface area contributed by atoms with Crippen molar-refractivity contribution < 1.29 is 32.5 Å². The lowest BCUT2D eigenvalue weighted by atomic mass is 10.1. The number of rotatable bonds is 5. The number of ether oxygens (including phenoxy) is 2. The van der Waals surface area contributed by atoms with E-state index in [-0.39, 0.29) is 12.2 Å². The molecule has 0 radical (unpaired) electrons. The van der Waals surface area contributed by atoms with Gasteiger partial charge in [-0.15, -0.1) is 0 Å². The van der Waals surface area contributed by atoms with Crippen LogP contribution in [0, 0.1) is 12.7 Å². The van der Waals surface area contributed by atoms with Crippen LogP contribution in [0.1, 0.15) is 40.3 Å². The Balaban J connectivity index is 0.000000237. The van der Waals surface area contributed by atoms with Crippen molar-refractivity contribution in [2.75, 3.05) is 13.2 Å². The Morgan fingerprint density at radius 1 is 1.14 bits per heavy atom. The maximum absolute atomic E-state index is 13.2. The molecule has 0 spiro atoms. The molecule has 0 aliphatic carbocycles. The average molecular weight is 390 g/mol. The highest BCUT2D eigenvalue weighted by Gasteiger charge is 2.22. The molecule has 0 unspecified atom stereocenters. The quantitative estimate of drug-likeness (QED) is 0.606. The molecule has 8 nitrogen and oxygen atoms in total. The molecule has 28 heavy (non-hydrogen) atoms. The Morgan fingerprint density at radius 3 is 2.46 bits per heavy atom. The predicted molar refractivity (Wildman–Crippen MR) is 95.1 cm³/mol. The van der Waals surface area contributed by atoms with Crippen molar-refractivity contribution in [2.24, 2.45) is 0 Å². The molecule has 0 aliphatic heterocycles. The number of nitrogens with zero attached hydrogens (tertiary/aromatic N) is 2. The Hall–Kier alpha value is -3.49. The zero-order chi connectivity index (χ0) is 20.5. The molecule has 9 heteroatoms. The molecule has 148 valence electrons. The lowest BCUT2D eigenvalue weighted by Gasteiger charge is -2.02. The van der Waals surface area contributed by atoms with Crippen LogP contribution in [0.25, 0.3) is 11.3 Å². The third-order valence-corrected chi connectivity index (χ3v) is 3.38. The molecule has 0 fully saturated rings. The maximum atomic E-state index is 13.2. The van der Waals surface area contributed by atoms with E-state index in [2.05, 4.69) is 19.6 Å². The molecule has 3 rings (SSSR count). The minimum Gasteiger partial charge on any atom is -0.462 e. The first kappa shape index (κ1) is 20.8. The van der Waals surface area contributed by atoms with Crippen LogP contribution < -0.4 is 0 Å². The van der Waals surface area contributed by atoms with Gasteiger partial charge < -0.3 is 18.5 Å². The molecule has 0 N–H and O–H groups in total. The number of aryl methyl sites for hydroxylation is 1.